The number of sulfonamides is 1. The Morgan fingerprint density at radius 3 is 2.75 bits per heavy atom. The number of fused-ring (bicyclic) bond motifs is 1. The first-order chi connectivity index (χ1) is 11.5. The number of halogens is 1. The minimum atomic E-state index is -3.80. The number of para-hydroxylation sites is 1. The number of ether oxygens (including phenoxy) is 1. The normalized spacial score (nSPS) is 11.4. The van der Waals surface area contributed by atoms with Gasteiger partial charge in [-0.2, -0.15) is 0 Å². The van der Waals surface area contributed by atoms with E-state index in [1.165, 1.54) is 12.3 Å². The fourth-order valence-electron chi connectivity index (χ4n) is 2.30. The summed E-state index contributed by atoms with van der Waals surface area (Å²) in [4.78, 5) is 4.34. The Labute approximate surface area is 148 Å². The Hall–Kier alpha value is -2.12. The van der Waals surface area contributed by atoms with E-state index in [1.54, 1.807) is 25.1 Å². The van der Waals surface area contributed by atoms with Gasteiger partial charge in [-0.05, 0) is 37.3 Å². The minimum Gasteiger partial charge on any atom is -0.492 e. The lowest BCUT2D eigenvalue weighted by atomic mass is 10.2. The molecule has 0 unspecified atom stereocenters. The van der Waals surface area contributed by atoms with E-state index in [4.69, 9.17) is 4.74 Å². The van der Waals surface area contributed by atoms with Crippen molar-refractivity contribution < 1.29 is 13.2 Å². The lowest BCUT2D eigenvalue weighted by molar-refractivity contribution is 0.331. The summed E-state index contributed by atoms with van der Waals surface area (Å²) in [6, 6.07) is 14.1. The van der Waals surface area contributed by atoms with Crippen LogP contribution in [0.2, 0.25) is 0 Å². The van der Waals surface area contributed by atoms with Crippen LogP contribution in [-0.4, -0.2) is 20.0 Å². The maximum atomic E-state index is 12.7. The lowest BCUT2D eigenvalue weighted by Crippen LogP contribution is -2.14. The van der Waals surface area contributed by atoms with Crippen LogP contribution in [0.5, 0.6) is 5.75 Å². The second-order valence-electron chi connectivity index (χ2n) is 5.05. The van der Waals surface area contributed by atoms with Crippen molar-refractivity contribution in [1.82, 2.24) is 4.98 Å². The number of hydrogen-bond donors (Lipinski definition) is 1. The van der Waals surface area contributed by atoms with E-state index in [1.807, 2.05) is 24.3 Å². The Morgan fingerprint density at radius 1 is 1.17 bits per heavy atom. The van der Waals surface area contributed by atoms with Crippen LogP contribution in [0.4, 0.5) is 5.69 Å². The summed E-state index contributed by atoms with van der Waals surface area (Å²) in [5.74, 6) is 0.307. The largest absolute Gasteiger partial charge is 0.492 e. The summed E-state index contributed by atoms with van der Waals surface area (Å²) in [5.41, 5.74) is 1.20. The fourth-order valence-corrected chi connectivity index (χ4v) is 4.02. The molecule has 7 heteroatoms. The number of rotatable bonds is 5. The highest BCUT2D eigenvalue weighted by molar-refractivity contribution is 9.10. The SMILES string of the molecule is CCOc1ccc(Br)cc1S(=O)(=O)Nc1cnc2ccccc2c1. The zero-order chi connectivity index (χ0) is 17.2. The summed E-state index contributed by atoms with van der Waals surface area (Å²) in [6.07, 6.45) is 1.50. The molecule has 0 bridgehead atoms. The third kappa shape index (κ3) is 3.52. The molecule has 0 saturated heterocycles. The molecule has 0 amide bonds. The monoisotopic (exact) mass is 406 g/mol. The Balaban J connectivity index is 1.99. The van der Waals surface area contributed by atoms with Crippen LogP contribution < -0.4 is 9.46 Å². The number of nitrogens with zero attached hydrogens (tertiary/aromatic N) is 1. The van der Waals surface area contributed by atoms with E-state index in [9.17, 15) is 8.42 Å². The van der Waals surface area contributed by atoms with E-state index in [0.717, 1.165) is 10.9 Å². The zero-order valence-electron chi connectivity index (χ0n) is 12.9. The molecule has 3 rings (SSSR count). The fraction of sp³-hybridized carbons (Fsp3) is 0.118. The van der Waals surface area contributed by atoms with Gasteiger partial charge >= 0.3 is 0 Å². The number of benzene rings is 2. The third-order valence-electron chi connectivity index (χ3n) is 3.34. The Morgan fingerprint density at radius 2 is 1.96 bits per heavy atom. The molecular formula is C17H15BrN2O3S. The maximum absolute atomic E-state index is 12.7. The summed E-state index contributed by atoms with van der Waals surface area (Å²) >= 11 is 3.30. The number of hydrogen-bond acceptors (Lipinski definition) is 4. The van der Waals surface area contributed by atoms with E-state index < -0.39 is 10.0 Å². The molecule has 0 aliphatic rings. The Bertz CT molecular complexity index is 990. The summed E-state index contributed by atoms with van der Waals surface area (Å²) in [5, 5.41) is 0.858. The molecule has 0 saturated carbocycles. The molecule has 0 spiro atoms. The number of anilines is 1. The molecule has 24 heavy (non-hydrogen) atoms. The average Bonchev–Trinajstić information content (AvgIpc) is 2.56. The highest BCUT2D eigenvalue weighted by atomic mass is 79.9. The van der Waals surface area contributed by atoms with Gasteiger partial charge in [0, 0.05) is 9.86 Å². The van der Waals surface area contributed by atoms with Crippen LogP contribution in [0.1, 0.15) is 6.92 Å². The van der Waals surface area contributed by atoms with Crippen molar-refractivity contribution in [2.75, 3.05) is 11.3 Å². The molecule has 1 N–H and O–H groups in total. The molecule has 3 aromatic rings. The molecule has 124 valence electrons. The standard InChI is InChI=1S/C17H15BrN2O3S/c1-2-23-16-8-7-13(18)10-17(16)24(21,22)20-14-9-12-5-3-4-6-15(12)19-11-14/h3-11,20H,2H2,1H3. The van der Waals surface area contributed by atoms with Crippen molar-refractivity contribution >= 4 is 42.5 Å². The first-order valence-corrected chi connectivity index (χ1v) is 9.57. The number of aromatic nitrogens is 1. The van der Waals surface area contributed by atoms with Crippen molar-refractivity contribution in [1.29, 1.82) is 0 Å². The van der Waals surface area contributed by atoms with Gasteiger partial charge in [0.25, 0.3) is 10.0 Å². The van der Waals surface area contributed by atoms with Crippen molar-refractivity contribution in [3.05, 3.63) is 59.2 Å². The molecule has 2 aromatic carbocycles. The molecule has 1 aromatic heterocycles. The molecule has 1 heterocycles. The van der Waals surface area contributed by atoms with E-state index >= 15 is 0 Å². The molecule has 0 atom stereocenters. The number of nitrogens with one attached hydrogen (secondary N) is 1. The Kier molecular flexibility index (Phi) is 4.73. The molecular weight excluding hydrogens is 392 g/mol. The third-order valence-corrected chi connectivity index (χ3v) is 5.23. The lowest BCUT2D eigenvalue weighted by Gasteiger charge is -2.13. The van der Waals surface area contributed by atoms with Gasteiger partial charge in [-0.3, -0.25) is 9.71 Å². The van der Waals surface area contributed by atoms with E-state index in [-0.39, 0.29) is 4.90 Å². The van der Waals surface area contributed by atoms with Crippen LogP contribution in [-0.2, 0) is 10.0 Å². The maximum Gasteiger partial charge on any atom is 0.265 e. The summed E-state index contributed by atoms with van der Waals surface area (Å²) in [7, 11) is -3.80. The molecule has 0 radical (unpaired) electrons. The van der Waals surface area contributed by atoms with E-state index in [0.29, 0.717) is 22.5 Å². The van der Waals surface area contributed by atoms with Gasteiger partial charge in [0.1, 0.15) is 10.6 Å². The van der Waals surface area contributed by atoms with Crippen molar-refractivity contribution in [3.63, 3.8) is 0 Å². The van der Waals surface area contributed by atoms with Crippen LogP contribution in [0.25, 0.3) is 10.9 Å². The average molecular weight is 407 g/mol. The first-order valence-electron chi connectivity index (χ1n) is 7.29. The van der Waals surface area contributed by atoms with Crippen LogP contribution in [0, 0.1) is 0 Å². The second-order valence-corrected chi connectivity index (χ2v) is 7.61. The van der Waals surface area contributed by atoms with Crippen LogP contribution in [0.3, 0.4) is 0 Å². The topological polar surface area (TPSA) is 68.3 Å². The predicted octanol–water partition coefficient (Wildman–Crippen LogP) is 4.20. The highest BCUT2D eigenvalue weighted by Crippen LogP contribution is 2.29. The van der Waals surface area contributed by atoms with E-state index in [2.05, 4.69) is 25.6 Å². The van der Waals surface area contributed by atoms with Crippen molar-refractivity contribution in [2.24, 2.45) is 0 Å². The van der Waals surface area contributed by atoms with Crippen LogP contribution in [0.15, 0.2) is 64.1 Å². The van der Waals surface area contributed by atoms with Gasteiger partial charge in [0.2, 0.25) is 0 Å². The minimum absolute atomic E-state index is 0.0758. The summed E-state index contributed by atoms with van der Waals surface area (Å²) < 4.78 is 34.1. The van der Waals surface area contributed by atoms with Crippen LogP contribution >= 0.6 is 15.9 Å². The number of pyridine rings is 1. The molecule has 0 fully saturated rings. The summed E-state index contributed by atoms with van der Waals surface area (Å²) in [6.45, 7) is 2.18. The van der Waals surface area contributed by atoms with Crippen molar-refractivity contribution in [2.45, 2.75) is 11.8 Å². The van der Waals surface area contributed by atoms with Gasteiger partial charge in [0.15, 0.2) is 0 Å². The predicted molar refractivity (Wildman–Crippen MR) is 97.9 cm³/mol. The molecule has 0 aliphatic carbocycles. The van der Waals surface area contributed by atoms with Crippen molar-refractivity contribution in [3.8, 4) is 5.75 Å². The highest BCUT2D eigenvalue weighted by Gasteiger charge is 2.20. The molecule has 5 nitrogen and oxygen atoms in total. The van der Waals surface area contributed by atoms with Gasteiger partial charge in [0.05, 0.1) is 24.0 Å². The van der Waals surface area contributed by atoms with Gasteiger partial charge < -0.3 is 4.74 Å². The van der Waals surface area contributed by atoms with Gasteiger partial charge in [-0.25, -0.2) is 8.42 Å². The van der Waals surface area contributed by atoms with Gasteiger partial charge in [-0.1, -0.05) is 34.1 Å². The first kappa shape index (κ1) is 16.7. The molecule has 0 aliphatic heterocycles. The quantitative estimate of drug-likeness (QED) is 0.689. The zero-order valence-corrected chi connectivity index (χ0v) is 15.3. The second kappa shape index (κ2) is 6.78. The van der Waals surface area contributed by atoms with Gasteiger partial charge in [-0.15, -0.1) is 0 Å². The smallest absolute Gasteiger partial charge is 0.265 e.